The molecule has 2 aromatic carbocycles. The lowest BCUT2D eigenvalue weighted by atomic mass is 10.1. The Bertz CT molecular complexity index is 2130. The van der Waals surface area contributed by atoms with Crippen LogP contribution in [0.5, 0.6) is 23.3 Å². The van der Waals surface area contributed by atoms with Crippen LogP contribution in [0, 0.1) is 0 Å². The molecule has 67 heavy (non-hydrogen) atoms. The van der Waals surface area contributed by atoms with Crippen LogP contribution in [0.2, 0.25) is 23.1 Å². The van der Waals surface area contributed by atoms with Gasteiger partial charge in [0.1, 0.15) is 31.1 Å². The van der Waals surface area contributed by atoms with E-state index in [0.29, 0.717) is 59.5 Å². The van der Waals surface area contributed by atoms with Gasteiger partial charge in [-0.25, -0.2) is 0 Å². The van der Waals surface area contributed by atoms with E-state index < -0.39 is 0 Å². The number of piperidine rings is 2. The zero-order valence-electron chi connectivity index (χ0n) is 35.7. The number of carbonyl (C=O) groups excluding carboxylic acids is 2. The molecule has 0 saturated carbocycles. The Hall–Kier alpha value is -1.63. The Kier molecular flexibility index (Phi) is 34.1. The summed E-state index contributed by atoms with van der Waals surface area (Å²) in [4.78, 5) is 36.2. The van der Waals surface area contributed by atoms with Gasteiger partial charge in [-0.15, -0.1) is 12.4 Å². The Morgan fingerprint density at radius 2 is 1.12 bits per heavy atom. The van der Waals surface area contributed by atoms with E-state index in [1.807, 2.05) is 0 Å². The van der Waals surface area contributed by atoms with Gasteiger partial charge in [-0.2, -0.15) is 8.75 Å². The first-order valence-electron chi connectivity index (χ1n) is 20.2. The molecule has 0 radical (unpaired) electrons. The van der Waals surface area contributed by atoms with Crippen molar-refractivity contribution in [2.75, 3.05) is 75.1 Å². The van der Waals surface area contributed by atoms with Crippen molar-refractivity contribution in [1.82, 2.24) is 34.0 Å². The van der Waals surface area contributed by atoms with E-state index in [1.54, 1.807) is 60.7 Å². The SMILES string of the molecule is BrCCBr.Cl.Clc1cc(OCCBr)ns1.O=C(COc1ccc(Cl)cc1)NC1CCN(CCOc2cc(Cl)sn2)CC1.O=C(COc1ccc(Cl)cc1)NC1CCNCC1.O=c1cc(Cl)s[nH]1. The molecule has 0 aliphatic carbocycles. The molecule has 0 spiro atoms. The first-order valence-corrected chi connectivity index (χ1v) is 27.8. The standard InChI is InChI=1S/C18H21Cl2N3O3S.C13H17ClN2O2.C5H5BrClNOS.C3H2ClNOS.C2H4Br2.ClH/c19-13-1-3-15(4-2-13)26-12-17(24)21-14-5-7-23(8-6-14)9-10-25-18-11-16(20)27-22-18;14-10-1-3-12(4-2-10)18-9-13(17)16-11-5-7-15-8-6-11;6-1-2-9-5-3-4(7)10-8-5;4-2-1-3(6)5-7-2;3-1-2-4;/h1-4,11,14H,5-10,12H2,(H,21,24);1-4,11,15H,5-9H2,(H,16,17);3H,1-2H2;1H,(H,5,6);1-2H2;1H. The van der Waals surface area contributed by atoms with Crippen molar-refractivity contribution < 1.29 is 28.5 Å². The summed E-state index contributed by atoms with van der Waals surface area (Å²) in [7, 11) is 0. The molecule has 372 valence electrons. The summed E-state index contributed by atoms with van der Waals surface area (Å²) < 4.78 is 33.8. The summed E-state index contributed by atoms with van der Waals surface area (Å²) >= 11 is 41.6. The summed E-state index contributed by atoms with van der Waals surface area (Å²) in [6.07, 6.45) is 3.78. The van der Waals surface area contributed by atoms with Crippen molar-refractivity contribution in [3.63, 3.8) is 0 Å². The van der Waals surface area contributed by atoms with E-state index in [0.717, 1.165) is 85.9 Å². The minimum absolute atomic E-state index is 0. The van der Waals surface area contributed by atoms with Crippen LogP contribution in [0.25, 0.3) is 0 Å². The van der Waals surface area contributed by atoms with Crippen molar-refractivity contribution in [1.29, 1.82) is 0 Å². The third kappa shape index (κ3) is 29.3. The number of hydrogen-bond donors (Lipinski definition) is 4. The Labute approximate surface area is 459 Å². The second kappa shape index (κ2) is 37.2. The van der Waals surface area contributed by atoms with Crippen LogP contribution in [0.1, 0.15) is 25.7 Å². The first-order chi connectivity index (χ1) is 31.8. The van der Waals surface area contributed by atoms with Gasteiger partial charge in [0.2, 0.25) is 11.8 Å². The smallest absolute Gasteiger partial charge is 0.259 e. The molecular formula is C41H50Br3Cl6N7O7S3. The summed E-state index contributed by atoms with van der Waals surface area (Å²) in [6, 6.07) is 19.2. The number of H-pyrrole nitrogens is 1. The van der Waals surface area contributed by atoms with Crippen LogP contribution in [0.15, 0.2) is 71.5 Å². The van der Waals surface area contributed by atoms with Gasteiger partial charge in [0.05, 0.1) is 6.61 Å². The summed E-state index contributed by atoms with van der Waals surface area (Å²) in [5.74, 6) is 2.29. The molecule has 4 N–H and O–H groups in total. The van der Waals surface area contributed by atoms with E-state index in [1.165, 1.54) is 29.1 Å². The largest absolute Gasteiger partial charge is 0.484 e. The number of ether oxygens (including phenoxy) is 4. The fourth-order valence-corrected chi connectivity index (χ4v) is 7.78. The van der Waals surface area contributed by atoms with Crippen LogP contribution >= 0.6 is 153 Å². The summed E-state index contributed by atoms with van der Waals surface area (Å²) in [6.45, 7) is 5.85. The highest BCUT2D eigenvalue weighted by Crippen LogP contribution is 2.22. The number of aromatic amines is 1. The van der Waals surface area contributed by atoms with Gasteiger partial charge in [-0.1, -0.05) is 106 Å². The zero-order chi connectivity index (χ0) is 47.9. The van der Waals surface area contributed by atoms with Crippen LogP contribution in [0.4, 0.5) is 0 Å². The second-order valence-electron chi connectivity index (χ2n) is 13.5. The number of rotatable bonds is 16. The Balaban J connectivity index is 0.000000329. The lowest BCUT2D eigenvalue weighted by Gasteiger charge is -2.32. The maximum Gasteiger partial charge on any atom is 0.259 e. The molecule has 14 nitrogen and oxygen atoms in total. The number of alkyl halides is 3. The zero-order valence-corrected chi connectivity index (χ0v) is 47.5. The van der Waals surface area contributed by atoms with Crippen LogP contribution in [0.3, 0.4) is 0 Å². The van der Waals surface area contributed by atoms with Gasteiger partial charge in [0, 0.05) is 76.0 Å². The lowest BCUT2D eigenvalue weighted by molar-refractivity contribution is -0.124. The molecule has 0 atom stereocenters. The molecule has 5 aromatic rings. The number of amides is 2. The predicted molar refractivity (Wildman–Crippen MR) is 289 cm³/mol. The maximum absolute atomic E-state index is 12.1. The Morgan fingerprint density at radius 3 is 1.49 bits per heavy atom. The normalized spacial score (nSPS) is 13.5. The molecule has 0 unspecified atom stereocenters. The second-order valence-corrected chi connectivity index (χ2v) is 21.1. The minimum Gasteiger partial charge on any atom is -0.484 e. The van der Waals surface area contributed by atoms with E-state index in [2.05, 4.69) is 81.8 Å². The third-order valence-corrected chi connectivity index (χ3v) is 13.9. The molecule has 2 aliphatic rings. The maximum atomic E-state index is 12.1. The number of halogens is 9. The van der Waals surface area contributed by atoms with Gasteiger partial charge in [-0.3, -0.25) is 23.7 Å². The van der Waals surface area contributed by atoms with Crippen molar-refractivity contribution in [2.24, 2.45) is 0 Å². The van der Waals surface area contributed by atoms with Gasteiger partial charge in [-0.05, 0) is 122 Å². The number of likely N-dealkylation sites (tertiary alicyclic amines) is 1. The highest BCUT2D eigenvalue weighted by molar-refractivity contribution is 9.12. The van der Waals surface area contributed by atoms with E-state index in [9.17, 15) is 14.4 Å². The average molecular weight is 1300 g/mol. The number of nitrogens with one attached hydrogen (secondary N) is 4. The quantitative estimate of drug-likeness (QED) is 0.0694. The Morgan fingerprint density at radius 1 is 0.657 bits per heavy atom. The number of nitrogens with zero attached hydrogens (tertiary/aromatic N) is 3. The number of hydrogen-bond acceptors (Lipinski definition) is 14. The third-order valence-electron chi connectivity index (χ3n) is 8.49. The minimum atomic E-state index is -0.130. The average Bonchev–Trinajstić information content (AvgIpc) is 4.06. The van der Waals surface area contributed by atoms with Crippen molar-refractivity contribution >= 4 is 165 Å². The molecule has 26 heteroatoms. The molecule has 2 fully saturated rings. The molecule has 2 aliphatic heterocycles. The topological polar surface area (TPSA) is 169 Å². The van der Waals surface area contributed by atoms with Crippen LogP contribution in [-0.2, 0) is 9.59 Å². The lowest BCUT2D eigenvalue weighted by Crippen LogP contribution is -2.46. The number of carbonyl (C=O) groups is 2. The highest BCUT2D eigenvalue weighted by Gasteiger charge is 2.21. The van der Waals surface area contributed by atoms with Gasteiger partial charge < -0.3 is 34.9 Å². The van der Waals surface area contributed by atoms with Crippen LogP contribution < -0.4 is 40.5 Å². The monoisotopic (exact) mass is 1290 g/mol. The summed E-state index contributed by atoms with van der Waals surface area (Å²) in [5, 5.41) is 13.5. The molecular weight excluding hydrogens is 1250 g/mol. The molecule has 7 rings (SSSR count). The van der Waals surface area contributed by atoms with Crippen molar-refractivity contribution in [3.8, 4) is 23.3 Å². The van der Waals surface area contributed by atoms with Crippen LogP contribution in [-0.4, -0.2) is 117 Å². The van der Waals surface area contributed by atoms with Gasteiger partial charge >= 0.3 is 0 Å². The predicted octanol–water partition coefficient (Wildman–Crippen LogP) is 10.9. The summed E-state index contributed by atoms with van der Waals surface area (Å²) in [5.41, 5.74) is -0.130. The molecule has 5 heterocycles. The molecule has 2 saturated heterocycles. The molecule has 3 aromatic heterocycles. The number of aromatic nitrogens is 3. The van der Waals surface area contributed by atoms with Crippen molar-refractivity contribution in [3.05, 3.63) is 100 Å². The number of benzene rings is 2. The molecule has 0 bridgehead atoms. The fourth-order valence-electron chi connectivity index (χ4n) is 5.46. The highest BCUT2D eigenvalue weighted by atomic mass is 79.9. The van der Waals surface area contributed by atoms with Crippen molar-refractivity contribution in [2.45, 2.75) is 37.8 Å². The van der Waals surface area contributed by atoms with E-state index >= 15 is 0 Å². The van der Waals surface area contributed by atoms with Gasteiger partial charge in [0.25, 0.3) is 17.4 Å². The first kappa shape index (κ1) is 61.5. The molecule has 2 amide bonds. The van der Waals surface area contributed by atoms with E-state index in [4.69, 9.17) is 77.0 Å². The fraction of sp³-hybridized carbons (Fsp3) is 0.439. The van der Waals surface area contributed by atoms with E-state index in [-0.39, 0.29) is 55.1 Å². The van der Waals surface area contributed by atoms with Gasteiger partial charge in [0.15, 0.2) is 13.2 Å².